The average molecular weight is 284 g/mol. The molecule has 21 heavy (non-hydrogen) atoms. The third-order valence-electron chi connectivity index (χ3n) is 4.52. The molecule has 3 atom stereocenters. The summed E-state index contributed by atoms with van der Waals surface area (Å²) >= 11 is 0. The molecular weight excluding hydrogens is 263 g/mol. The maximum atomic E-state index is 14.0. The van der Waals surface area contributed by atoms with Crippen molar-refractivity contribution in [2.75, 3.05) is 13.1 Å². The molecule has 3 rings (SSSR count). The Morgan fingerprint density at radius 1 is 1.05 bits per heavy atom. The Balaban J connectivity index is 1.78. The second-order valence-corrected chi connectivity index (χ2v) is 5.83. The standard InChI is InChI=1S/C18H21FN2/c1-13(15-9-5-6-10-17(15)19)21-11-16(18(20)12-21)14-7-3-2-4-8-14/h2-10,13,16,18H,11-12,20H2,1H3/t13?,16-,18+/m0/s1. The molecule has 0 spiro atoms. The Morgan fingerprint density at radius 2 is 1.71 bits per heavy atom. The molecule has 110 valence electrons. The summed E-state index contributed by atoms with van der Waals surface area (Å²) < 4.78 is 14.0. The van der Waals surface area contributed by atoms with E-state index in [2.05, 4.69) is 24.0 Å². The molecule has 0 radical (unpaired) electrons. The van der Waals surface area contributed by atoms with Crippen molar-refractivity contribution < 1.29 is 4.39 Å². The van der Waals surface area contributed by atoms with Crippen LogP contribution in [0.25, 0.3) is 0 Å². The highest BCUT2D eigenvalue weighted by molar-refractivity contribution is 5.25. The maximum Gasteiger partial charge on any atom is 0.127 e. The number of likely N-dealkylation sites (tertiary alicyclic amines) is 1. The van der Waals surface area contributed by atoms with Gasteiger partial charge in [0.15, 0.2) is 0 Å². The molecule has 2 aromatic carbocycles. The van der Waals surface area contributed by atoms with Gasteiger partial charge in [0.2, 0.25) is 0 Å². The van der Waals surface area contributed by atoms with Crippen molar-refractivity contribution in [2.45, 2.75) is 24.9 Å². The van der Waals surface area contributed by atoms with Crippen LogP contribution < -0.4 is 5.73 Å². The molecule has 0 aliphatic carbocycles. The lowest BCUT2D eigenvalue weighted by Gasteiger charge is -2.25. The average Bonchev–Trinajstić information content (AvgIpc) is 2.90. The van der Waals surface area contributed by atoms with Crippen LogP contribution in [0, 0.1) is 5.82 Å². The topological polar surface area (TPSA) is 29.3 Å². The summed E-state index contributed by atoms with van der Waals surface area (Å²) in [4.78, 5) is 2.28. The van der Waals surface area contributed by atoms with E-state index in [9.17, 15) is 4.39 Å². The number of hydrogen-bond donors (Lipinski definition) is 1. The fourth-order valence-electron chi connectivity index (χ4n) is 3.24. The summed E-state index contributed by atoms with van der Waals surface area (Å²) in [5, 5.41) is 0. The molecule has 0 bridgehead atoms. The first-order valence-electron chi connectivity index (χ1n) is 7.46. The van der Waals surface area contributed by atoms with Crippen LogP contribution in [-0.4, -0.2) is 24.0 Å². The van der Waals surface area contributed by atoms with Crippen molar-refractivity contribution in [1.82, 2.24) is 4.90 Å². The van der Waals surface area contributed by atoms with E-state index in [0.29, 0.717) is 5.92 Å². The van der Waals surface area contributed by atoms with E-state index in [1.165, 1.54) is 11.6 Å². The normalized spacial score (nSPS) is 24.1. The van der Waals surface area contributed by atoms with E-state index < -0.39 is 0 Å². The zero-order valence-corrected chi connectivity index (χ0v) is 12.2. The number of hydrogen-bond acceptors (Lipinski definition) is 2. The molecule has 2 nitrogen and oxygen atoms in total. The van der Waals surface area contributed by atoms with Crippen LogP contribution in [0.1, 0.15) is 30.0 Å². The number of halogens is 1. The molecular formula is C18H21FN2. The number of nitrogens with zero attached hydrogens (tertiary/aromatic N) is 1. The van der Waals surface area contributed by atoms with Crippen molar-refractivity contribution in [1.29, 1.82) is 0 Å². The molecule has 3 heteroatoms. The van der Waals surface area contributed by atoms with E-state index in [1.54, 1.807) is 6.07 Å². The van der Waals surface area contributed by atoms with Crippen LogP contribution in [0.5, 0.6) is 0 Å². The predicted molar refractivity (Wildman–Crippen MR) is 83.5 cm³/mol. The van der Waals surface area contributed by atoms with Gasteiger partial charge in [-0.2, -0.15) is 0 Å². The zero-order valence-electron chi connectivity index (χ0n) is 12.2. The first kappa shape index (κ1) is 14.2. The second kappa shape index (κ2) is 5.96. The lowest BCUT2D eigenvalue weighted by atomic mass is 9.95. The molecule has 1 unspecified atom stereocenters. The predicted octanol–water partition coefficient (Wildman–Crippen LogP) is 3.31. The quantitative estimate of drug-likeness (QED) is 0.937. The Labute approximate surface area is 125 Å². The minimum absolute atomic E-state index is 0.0472. The van der Waals surface area contributed by atoms with Gasteiger partial charge in [0.05, 0.1) is 0 Å². The smallest absolute Gasteiger partial charge is 0.127 e. The van der Waals surface area contributed by atoms with Crippen molar-refractivity contribution in [2.24, 2.45) is 5.73 Å². The third-order valence-corrected chi connectivity index (χ3v) is 4.52. The van der Waals surface area contributed by atoms with Crippen molar-refractivity contribution in [3.8, 4) is 0 Å². The van der Waals surface area contributed by atoms with Crippen LogP contribution >= 0.6 is 0 Å². The van der Waals surface area contributed by atoms with Gasteiger partial charge in [0, 0.05) is 36.7 Å². The lowest BCUT2D eigenvalue weighted by molar-refractivity contribution is 0.252. The third kappa shape index (κ3) is 2.85. The summed E-state index contributed by atoms with van der Waals surface area (Å²) in [6.07, 6.45) is 0. The zero-order chi connectivity index (χ0) is 14.8. The number of rotatable bonds is 3. The highest BCUT2D eigenvalue weighted by Gasteiger charge is 2.34. The second-order valence-electron chi connectivity index (χ2n) is 5.83. The minimum Gasteiger partial charge on any atom is -0.326 e. The van der Waals surface area contributed by atoms with E-state index in [-0.39, 0.29) is 17.9 Å². The molecule has 1 heterocycles. The molecule has 0 saturated carbocycles. The summed E-state index contributed by atoms with van der Waals surface area (Å²) in [5.74, 6) is 0.183. The lowest BCUT2D eigenvalue weighted by Crippen LogP contribution is -2.30. The Bertz CT molecular complexity index is 599. The Hall–Kier alpha value is -1.71. The maximum absolute atomic E-state index is 14.0. The molecule has 2 aromatic rings. The molecule has 0 aromatic heterocycles. The molecule has 0 amide bonds. The molecule has 2 N–H and O–H groups in total. The molecule has 1 fully saturated rings. The Morgan fingerprint density at radius 3 is 2.43 bits per heavy atom. The Kier molecular flexibility index (Phi) is 4.04. The first-order chi connectivity index (χ1) is 10.2. The first-order valence-corrected chi connectivity index (χ1v) is 7.46. The van der Waals surface area contributed by atoms with Crippen LogP contribution in [-0.2, 0) is 0 Å². The van der Waals surface area contributed by atoms with Crippen molar-refractivity contribution >= 4 is 0 Å². The summed E-state index contributed by atoms with van der Waals surface area (Å²) in [5.41, 5.74) is 8.34. The van der Waals surface area contributed by atoms with Gasteiger partial charge in [0.1, 0.15) is 5.82 Å². The van der Waals surface area contributed by atoms with Crippen LogP contribution in [0.4, 0.5) is 4.39 Å². The van der Waals surface area contributed by atoms with Gasteiger partial charge in [-0.15, -0.1) is 0 Å². The van der Waals surface area contributed by atoms with Gasteiger partial charge in [-0.1, -0.05) is 48.5 Å². The molecule has 1 aliphatic heterocycles. The largest absolute Gasteiger partial charge is 0.326 e. The van der Waals surface area contributed by atoms with Gasteiger partial charge in [-0.3, -0.25) is 4.90 Å². The fourth-order valence-corrected chi connectivity index (χ4v) is 3.24. The summed E-state index contributed by atoms with van der Waals surface area (Å²) in [6, 6.07) is 17.5. The molecule has 1 saturated heterocycles. The molecule has 1 aliphatic rings. The summed E-state index contributed by atoms with van der Waals surface area (Å²) in [6.45, 7) is 3.73. The van der Waals surface area contributed by atoms with Crippen LogP contribution in [0.3, 0.4) is 0 Å². The van der Waals surface area contributed by atoms with Crippen molar-refractivity contribution in [3.63, 3.8) is 0 Å². The highest BCUT2D eigenvalue weighted by Crippen LogP contribution is 2.33. The van der Waals surface area contributed by atoms with Gasteiger partial charge < -0.3 is 5.73 Å². The minimum atomic E-state index is -0.137. The monoisotopic (exact) mass is 284 g/mol. The van der Waals surface area contributed by atoms with Crippen LogP contribution in [0.2, 0.25) is 0 Å². The number of benzene rings is 2. The summed E-state index contributed by atoms with van der Waals surface area (Å²) in [7, 11) is 0. The number of nitrogens with two attached hydrogens (primary N) is 1. The van der Waals surface area contributed by atoms with E-state index >= 15 is 0 Å². The van der Waals surface area contributed by atoms with Crippen LogP contribution in [0.15, 0.2) is 54.6 Å². The SMILES string of the molecule is CC(c1ccccc1F)N1C[C@@H](N)[C@H](c2ccccc2)C1. The van der Waals surface area contributed by atoms with Gasteiger partial charge in [-0.05, 0) is 18.6 Å². The van der Waals surface area contributed by atoms with E-state index in [1.807, 2.05) is 30.3 Å². The van der Waals surface area contributed by atoms with E-state index in [0.717, 1.165) is 18.7 Å². The highest BCUT2D eigenvalue weighted by atomic mass is 19.1. The fraction of sp³-hybridized carbons (Fsp3) is 0.333. The van der Waals surface area contributed by atoms with E-state index in [4.69, 9.17) is 5.73 Å². The van der Waals surface area contributed by atoms with Gasteiger partial charge in [0.25, 0.3) is 0 Å². The van der Waals surface area contributed by atoms with Gasteiger partial charge in [-0.25, -0.2) is 4.39 Å². The van der Waals surface area contributed by atoms with Crippen molar-refractivity contribution in [3.05, 3.63) is 71.5 Å². The van der Waals surface area contributed by atoms with Gasteiger partial charge >= 0.3 is 0 Å².